The third kappa shape index (κ3) is 42.5. The first-order chi connectivity index (χ1) is 27.5. The molecule has 0 heterocycles. The molecule has 6 heteroatoms. The molecule has 0 radical (unpaired) electrons. The number of carbonyl (C=O) groups is 3. The standard InChI is InChI=1S/C50H88O6/c1-4-7-10-13-16-19-21-23-25-27-28-31-34-37-40-43-49(52)55-46-47(45-54-48(51)42-39-36-33-30-18-15-12-9-6-3)56-50(53)44-41-38-35-32-29-26-24-22-20-17-14-11-8-5-2/h7,10,13,16,19,21,26,29,47H,4-6,8-9,11-12,14-15,17-18,20,22-25,27-28,30-46H2,1-3H3/b10-7-,16-13-,21-19-,29-26-. The van der Waals surface area contributed by atoms with Crippen molar-refractivity contribution in [2.24, 2.45) is 0 Å². The van der Waals surface area contributed by atoms with Crippen LogP contribution in [0.5, 0.6) is 0 Å². The summed E-state index contributed by atoms with van der Waals surface area (Å²) >= 11 is 0. The first-order valence-electron chi connectivity index (χ1n) is 23.7. The fourth-order valence-corrected chi connectivity index (χ4v) is 6.55. The van der Waals surface area contributed by atoms with Gasteiger partial charge in [0.2, 0.25) is 0 Å². The molecule has 0 aliphatic rings. The van der Waals surface area contributed by atoms with Crippen molar-refractivity contribution in [3.63, 3.8) is 0 Å². The van der Waals surface area contributed by atoms with E-state index in [9.17, 15) is 14.4 Å². The molecule has 0 N–H and O–H groups in total. The number of allylic oxidation sites excluding steroid dienone is 8. The van der Waals surface area contributed by atoms with Gasteiger partial charge in [-0.3, -0.25) is 14.4 Å². The Labute approximate surface area is 346 Å². The Bertz CT molecular complexity index is 996. The lowest BCUT2D eigenvalue weighted by molar-refractivity contribution is -0.167. The van der Waals surface area contributed by atoms with Crippen molar-refractivity contribution in [1.82, 2.24) is 0 Å². The van der Waals surface area contributed by atoms with E-state index in [-0.39, 0.29) is 31.1 Å². The molecule has 0 aliphatic heterocycles. The Morgan fingerprint density at radius 2 is 0.714 bits per heavy atom. The quantitative estimate of drug-likeness (QED) is 0.0202. The van der Waals surface area contributed by atoms with E-state index in [0.29, 0.717) is 19.3 Å². The van der Waals surface area contributed by atoms with E-state index < -0.39 is 6.10 Å². The van der Waals surface area contributed by atoms with Gasteiger partial charge in [-0.25, -0.2) is 0 Å². The minimum atomic E-state index is -0.781. The van der Waals surface area contributed by atoms with Crippen LogP contribution in [0.3, 0.4) is 0 Å². The maximum absolute atomic E-state index is 12.7. The van der Waals surface area contributed by atoms with Crippen molar-refractivity contribution < 1.29 is 28.6 Å². The van der Waals surface area contributed by atoms with Gasteiger partial charge in [-0.2, -0.15) is 0 Å². The summed E-state index contributed by atoms with van der Waals surface area (Å²) in [5, 5.41) is 0. The second kappa shape index (κ2) is 45.1. The van der Waals surface area contributed by atoms with Crippen LogP contribution in [-0.2, 0) is 28.6 Å². The van der Waals surface area contributed by atoms with Gasteiger partial charge in [0, 0.05) is 19.3 Å². The molecular formula is C50H88O6. The molecule has 0 saturated heterocycles. The third-order valence-electron chi connectivity index (χ3n) is 10.1. The second-order valence-corrected chi connectivity index (χ2v) is 15.7. The Hall–Kier alpha value is -2.63. The van der Waals surface area contributed by atoms with Crippen LogP contribution in [0.15, 0.2) is 48.6 Å². The number of hydrogen-bond donors (Lipinski definition) is 0. The smallest absolute Gasteiger partial charge is 0.306 e. The first kappa shape index (κ1) is 53.4. The van der Waals surface area contributed by atoms with E-state index in [0.717, 1.165) is 83.5 Å². The number of ether oxygens (including phenoxy) is 3. The summed E-state index contributed by atoms with van der Waals surface area (Å²) in [6.45, 7) is 6.46. The minimum Gasteiger partial charge on any atom is -0.462 e. The molecule has 0 aromatic rings. The lowest BCUT2D eigenvalue weighted by Crippen LogP contribution is -2.30. The molecule has 0 aromatic heterocycles. The normalized spacial score (nSPS) is 12.4. The van der Waals surface area contributed by atoms with Gasteiger partial charge in [0.05, 0.1) is 0 Å². The van der Waals surface area contributed by atoms with Gasteiger partial charge in [-0.05, 0) is 64.2 Å². The van der Waals surface area contributed by atoms with E-state index >= 15 is 0 Å². The largest absolute Gasteiger partial charge is 0.462 e. The number of hydrogen-bond acceptors (Lipinski definition) is 6. The molecule has 56 heavy (non-hydrogen) atoms. The van der Waals surface area contributed by atoms with Gasteiger partial charge in [-0.1, -0.05) is 198 Å². The molecule has 0 amide bonds. The molecule has 6 nitrogen and oxygen atoms in total. The third-order valence-corrected chi connectivity index (χ3v) is 10.1. The summed E-state index contributed by atoms with van der Waals surface area (Å²) in [6.07, 6.45) is 52.4. The Morgan fingerprint density at radius 1 is 0.375 bits per heavy atom. The topological polar surface area (TPSA) is 78.9 Å². The Balaban J connectivity index is 4.38. The summed E-state index contributed by atoms with van der Waals surface area (Å²) in [6, 6.07) is 0. The van der Waals surface area contributed by atoms with Crippen molar-refractivity contribution in [1.29, 1.82) is 0 Å². The summed E-state index contributed by atoms with van der Waals surface area (Å²) in [4.78, 5) is 37.7. The molecule has 0 aliphatic carbocycles. The fourth-order valence-electron chi connectivity index (χ4n) is 6.55. The van der Waals surface area contributed by atoms with Crippen LogP contribution in [0, 0.1) is 0 Å². The zero-order chi connectivity index (χ0) is 40.8. The van der Waals surface area contributed by atoms with Crippen LogP contribution in [0.25, 0.3) is 0 Å². The number of carbonyl (C=O) groups excluding carboxylic acids is 3. The fraction of sp³-hybridized carbons (Fsp3) is 0.780. The number of rotatable bonds is 42. The summed E-state index contributed by atoms with van der Waals surface area (Å²) in [7, 11) is 0. The highest BCUT2D eigenvalue weighted by Crippen LogP contribution is 2.14. The highest BCUT2D eigenvalue weighted by atomic mass is 16.6. The second-order valence-electron chi connectivity index (χ2n) is 15.7. The average molecular weight is 785 g/mol. The minimum absolute atomic E-state index is 0.0817. The molecule has 1 unspecified atom stereocenters. The van der Waals surface area contributed by atoms with E-state index in [1.807, 2.05) is 0 Å². The van der Waals surface area contributed by atoms with E-state index in [1.54, 1.807) is 0 Å². The van der Waals surface area contributed by atoms with E-state index in [2.05, 4.69) is 69.4 Å². The van der Waals surface area contributed by atoms with Gasteiger partial charge >= 0.3 is 17.9 Å². The zero-order valence-electron chi connectivity index (χ0n) is 36.9. The molecule has 0 spiro atoms. The Morgan fingerprint density at radius 3 is 1.14 bits per heavy atom. The lowest BCUT2D eigenvalue weighted by Gasteiger charge is -2.18. The van der Waals surface area contributed by atoms with Crippen molar-refractivity contribution >= 4 is 17.9 Å². The zero-order valence-corrected chi connectivity index (χ0v) is 36.9. The molecule has 0 bridgehead atoms. The van der Waals surface area contributed by atoms with Gasteiger partial charge < -0.3 is 14.2 Å². The molecule has 0 saturated carbocycles. The highest BCUT2D eigenvalue weighted by Gasteiger charge is 2.19. The monoisotopic (exact) mass is 785 g/mol. The number of unbranched alkanes of at least 4 members (excludes halogenated alkanes) is 25. The molecular weight excluding hydrogens is 697 g/mol. The molecule has 0 fully saturated rings. The van der Waals surface area contributed by atoms with Gasteiger partial charge in [0.1, 0.15) is 13.2 Å². The van der Waals surface area contributed by atoms with E-state index in [1.165, 1.54) is 109 Å². The van der Waals surface area contributed by atoms with Crippen LogP contribution in [0.2, 0.25) is 0 Å². The maximum Gasteiger partial charge on any atom is 0.306 e. The SMILES string of the molecule is CC\C=C/C=C\C=C/CCCCCCCCCC(=O)OCC(COC(=O)CCCCCCCCCCC)OC(=O)CCCCC/C=C\CCCCCCCCC. The average Bonchev–Trinajstić information content (AvgIpc) is 3.19. The van der Waals surface area contributed by atoms with Crippen LogP contribution in [0.1, 0.15) is 233 Å². The molecule has 0 aromatic carbocycles. The van der Waals surface area contributed by atoms with Crippen LogP contribution in [0.4, 0.5) is 0 Å². The van der Waals surface area contributed by atoms with Crippen LogP contribution in [-0.4, -0.2) is 37.2 Å². The van der Waals surface area contributed by atoms with Crippen molar-refractivity contribution in [3.05, 3.63) is 48.6 Å². The molecule has 0 rings (SSSR count). The first-order valence-corrected chi connectivity index (χ1v) is 23.7. The summed E-state index contributed by atoms with van der Waals surface area (Å²) in [5.74, 6) is -0.911. The maximum atomic E-state index is 12.7. The van der Waals surface area contributed by atoms with Gasteiger partial charge in [0.15, 0.2) is 6.10 Å². The summed E-state index contributed by atoms with van der Waals surface area (Å²) < 4.78 is 16.7. The molecule has 324 valence electrons. The highest BCUT2D eigenvalue weighted by molar-refractivity contribution is 5.71. The predicted octanol–water partition coefficient (Wildman–Crippen LogP) is 15.1. The van der Waals surface area contributed by atoms with Gasteiger partial charge in [0.25, 0.3) is 0 Å². The van der Waals surface area contributed by atoms with Crippen molar-refractivity contribution in [3.8, 4) is 0 Å². The van der Waals surface area contributed by atoms with Gasteiger partial charge in [-0.15, -0.1) is 0 Å². The van der Waals surface area contributed by atoms with Crippen molar-refractivity contribution in [2.75, 3.05) is 13.2 Å². The Kier molecular flexibility index (Phi) is 43.0. The molecule has 1 atom stereocenters. The van der Waals surface area contributed by atoms with Crippen molar-refractivity contribution in [2.45, 2.75) is 239 Å². The van der Waals surface area contributed by atoms with E-state index in [4.69, 9.17) is 14.2 Å². The van der Waals surface area contributed by atoms with Crippen LogP contribution >= 0.6 is 0 Å². The van der Waals surface area contributed by atoms with Crippen LogP contribution < -0.4 is 0 Å². The lowest BCUT2D eigenvalue weighted by atomic mass is 10.1. The summed E-state index contributed by atoms with van der Waals surface area (Å²) in [5.41, 5.74) is 0. The predicted molar refractivity (Wildman–Crippen MR) is 238 cm³/mol. The number of esters is 3.